The molecular formula is C13H27NO. The number of hydroxylamine groups is 3. The van der Waals surface area contributed by atoms with Gasteiger partial charge in [-0.1, -0.05) is 45.4 Å². The zero-order chi connectivity index (χ0) is 11.6. The van der Waals surface area contributed by atoms with E-state index in [1.807, 2.05) is 6.08 Å². The molecular weight excluding hydrogens is 186 g/mol. The number of unbranched alkanes of at least 4 members (excludes halogenated alkanes) is 7. The number of quaternary nitrogens is 1. The molecule has 0 fully saturated rings. The second kappa shape index (κ2) is 8.93. The normalized spacial score (nSPS) is 12.5. The average molecular weight is 213 g/mol. The smallest absolute Gasteiger partial charge is 0.0913 e. The zero-order valence-corrected chi connectivity index (χ0v) is 10.7. The van der Waals surface area contributed by atoms with Gasteiger partial charge in [0.15, 0.2) is 0 Å². The lowest BCUT2D eigenvalue weighted by atomic mass is 10.1. The van der Waals surface area contributed by atoms with Gasteiger partial charge in [-0.2, -0.15) is 0 Å². The molecule has 0 heterocycles. The maximum atomic E-state index is 11.2. The summed E-state index contributed by atoms with van der Waals surface area (Å²) in [5.74, 6) is 0. The lowest BCUT2D eigenvalue weighted by molar-refractivity contribution is -0.785. The molecule has 0 radical (unpaired) electrons. The van der Waals surface area contributed by atoms with Crippen LogP contribution in [0.5, 0.6) is 0 Å². The fourth-order valence-corrected chi connectivity index (χ4v) is 1.55. The molecule has 0 aliphatic carbocycles. The third-order valence-corrected chi connectivity index (χ3v) is 2.44. The van der Waals surface area contributed by atoms with Crippen LogP contribution in [0.4, 0.5) is 0 Å². The van der Waals surface area contributed by atoms with Gasteiger partial charge >= 0.3 is 0 Å². The minimum atomic E-state index is -0.309. The molecule has 0 aromatic heterocycles. The maximum absolute atomic E-state index is 11.2. The number of nitrogens with zero attached hydrogens (tertiary/aromatic N) is 1. The van der Waals surface area contributed by atoms with E-state index in [2.05, 4.69) is 6.92 Å². The van der Waals surface area contributed by atoms with Crippen molar-refractivity contribution in [2.45, 2.75) is 58.3 Å². The van der Waals surface area contributed by atoms with E-state index >= 15 is 0 Å². The van der Waals surface area contributed by atoms with Crippen LogP contribution < -0.4 is 0 Å². The van der Waals surface area contributed by atoms with Gasteiger partial charge in [0.05, 0.1) is 20.3 Å². The van der Waals surface area contributed by atoms with Crippen LogP contribution in [-0.4, -0.2) is 18.7 Å². The Balaban J connectivity index is 3.15. The lowest BCUT2D eigenvalue weighted by Crippen LogP contribution is -2.23. The van der Waals surface area contributed by atoms with Gasteiger partial charge in [0.25, 0.3) is 0 Å². The van der Waals surface area contributed by atoms with Gasteiger partial charge < -0.3 is 9.85 Å². The molecule has 0 aromatic rings. The summed E-state index contributed by atoms with van der Waals surface area (Å²) in [6.45, 7) is 2.24. The van der Waals surface area contributed by atoms with Crippen LogP contribution in [-0.2, 0) is 0 Å². The van der Waals surface area contributed by atoms with Crippen LogP contribution in [0.15, 0.2) is 12.3 Å². The molecule has 90 valence electrons. The summed E-state index contributed by atoms with van der Waals surface area (Å²) in [5.41, 5.74) is 0. The lowest BCUT2D eigenvalue weighted by Gasteiger charge is -2.28. The fourth-order valence-electron chi connectivity index (χ4n) is 1.55. The van der Waals surface area contributed by atoms with Crippen LogP contribution in [0, 0.1) is 5.21 Å². The summed E-state index contributed by atoms with van der Waals surface area (Å²) in [5, 5.41) is 11.2. The third kappa shape index (κ3) is 13.7. The molecule has 0 rings (SSSR count). The maximum Gasteiger partial charge on any atom is 0.0913 e. The van der Waals surface area contributed by atoms with Crippen molar-refractivity contribution in [3.05, 3.63) is 17.5 Å². The Bertz CT molecular complexity index is 158. The predicted octanol–water partition coefficient (Wildman–Crippen LogP) is 4.22. The Morgan fingerprint density at radius 2 is 1.47 bits per heavy atom. The number of allylic oxidation sites excluding steroid dienone is 1. The second-order valence-corrected chi connectivity index (χ2v) is 4.73. The Morgan fingerprint density at radius 3 is 2.00 bits per heavy atom. The highest BCUT2D eigenvalue weighted by Gasteiger charge is 1.93. The van der Waals surface area contributed by atoms with E-state index in [9.17, 15) is 5.21 Å². The van der Waals surface area contributed by atoms with Crippen LogP contribution >= 0.6 is 0 Å². The molecule has 15 heavy (non-hydrogen) atoms. The van der Waals surface area contributed by atoms with E-state index in [1.165, 1.54) is 44.9 Å². The molecule has 0 atom stereocenters. The monoisotopic (exact) mass is 213 g/mol. The molecule has 0 aliphatic rings. The van der Waals surface area contributed by atoms with E-state index in [0.29, 0.717) is 0 Å². The Morgan fingerprint density at radius 1 is 0.933 bits per heavy atom. The van der Waals surface area contributed by atoms with Crippen molar-refractivity contribution in [3.8, 4) is 0 Å². The van der Waals surface area contributed by atoms with Gasteiger partial charge in [0, 0.05) is 0 Å². The van der Waals surface area contributed by atoms with E-state index < -0.39 is 0 Å². The third-order valence-electron chi connectivity index (χ3n) is 2.44. The first-order chi connectivity index (χ1) is 7.06. The van der Waals surface area contributed by atoms with Crippen LogP contribution in [0.2, 0.25) is 0 Å². The highest BCUT2D eigenvalue weighted by Crippen LogP contribution is 2.09. The first-order valence-electron chi connectivity index (χ1n) is 6.28. The molecule has 0 unspecified atom stereocenters. The fraction of sp³-hybridized carbons (Fsp3) is 0.846. The largest absolute Gasteiger partial charge is 0.628 e. The van der Waals surface area contributed by atoms with Crippen molar-refractivity contribution in [2.24, 2.45) is 0 Å². The minimum Gasteiger partial charge on any atom is -0.628 e. The molecule has 2 heteroatoms. The van der Waals surface area contributed by atoms with E-state index in [-0.39, 0.29) is 4.65 Å². The highest BCUT2D eigenvalue weighted by molar-refractivity contribution is 4.73. The van der Waals surface area contributed by atoms with Gasteiger partial charge in [0.1, 0.15) is 0 Å². The van der Waals surface area contributed by atoms with Crippen molar-refractivity contribution in [1.29, 1.82) is 0 Å². The number of hydrogen-bond acceptors (Lipinski definition) is 1. The van der Waals surface area contributed by atoms with Gasteiger partial charge in [-0.15, -0.1) is 0 Å². The Kier molecular flexibility index (Phi) is 8.73. The van der Waals surface area contributed by atoms with Crippen molar-refractivity contribution < 1.29 is 4.65 Å². The first kappa shape index (κ1) is 14.7. The Hall–Kier alpha value is -0.340. The number of hydrogen-bond donors (Lipinski definition) is 0. The second-order valence-electron chi connectivity index (χ2n) is 4.73. The van der Waals surface area contributed by atoms with Gasteiger partial charge in [-0.25, -0.2) is 0 Å². The summed E-state index contributed by atoms with van der Waals surface area (Å²) >= 11 is 0. The molecule has 0 saturated carbocycles. The molecule has 0 N–H and O–H groups in total. The van der Waals surface area contributed by atoms with Crippen molar-refractivity contribution in [1.82, 2.24) is 0 Å². The first-order valence-corrected chi connectivity index (χ1v) is 6.28. The van der Waals surface area contributed by atoms with Crippen molar-refractivity contribution in [3.63, 3.8) is 0 Å². The molecule has 0 aliphatic heterocycles. The molecule has 0 bridgehead atoms. The van der Waals surface area contributed by atoms with Gasteiger partial charge in [-0.3, -0.25) is 0 Å². The van der Waals surface area contributed by atoms with E-state index in [1.54, 1.807) is 20.3 Å². The van der Waals surface area contributed by atoms with Crippen molar-refractivity contribution in [2.75, 3.05) is 14.1 Å². The SMILES string of the molecule is CCCCCCCCCC=C[N+](C)(C)[O-]. The molecule has 0 spiro atoms. The summed E-state index contributed by atoms with van der Waals surface area (Å²) < 4.78 is -0.309. The highest BCUT2D eigenvalue weighted by atomic mass is 16.5. The minimum absolute atomic E-state index is 0.309. The molecule has 0 saturated heterocycles. The van der Waals surface area contributed by atoms with E-state index in [0.717, 1.165) is 6.42 Å². The average Bonchev–Trinajstić information content (AvgIpc) is 2.14. The summed E-state index contributed by atoms with van der Waals surface area (Å²) in [7, 11) is 3.28. The quantitative estimate of drug-likeness (QED) is 0.319. The standard InChI is InChI=1S/C13H27NO/c1-4-5-6-7-8-9-10-11-12-13-14(2,3)15/h12-13H,4-11H2,1-3H3. The van der Waals surface area contributed by atoms with E-state index in [4.69, 9.17) is 0 Å². The summed E-state index contributed by atoms with van der Waals surface area (Å²) in [6, 6.07) is 0. The molecule has 2 nitrogen and oxygen atoms in total. The van der Waals surface area contributed by atoms with Crippen molar-refractivity contribution >= 4 is 0 Å². The molecule has 0 amide bonds. The van der Waals surface area contributed by atoms with Gasteiger partial charge in [-0.05, 0) is 18.9 Å². The van der Waals surface area contributed by atoms with Gasteiger partial charge in [0.2, 0.25) is 0 Å². The van der Waals surface area contributed by atoms with Crippen LogP contribution in [0.1, 0.15) is 58.3 Å². The zero-order valence-electron chi connectivity index (χ0n) is 10.7. The summed E-state index contributed by atoms with van der Waals surface area (Å²) in [6.07, 6.45) is 14.1. The topological polar surface area (TPSA) is 23.1 Å². The van der Waals surface area contributed by atoms with Crippen LogP contribution in [0.25, 0.3) is 0 Å². The number of rotatable bonds is 9. The molecule has 0 aromatic carbocycles. The summed E-state index contributed by atoms with van der Waals surface area (Å²) in [4.78, 5) is 0. The Labute approximate surface area is 95.1 Å². The van der Waals surface area contributed by atoms with Crippen LogP contribution in [0.3, 0.4) is 0 Å². The predicted molar refractivity (Wildman–Crippen MR) is 67.2 cm³/mol.